The Morgan fingerprint density at radius 3 is 2.38 bits per heavy atom. The second-order valence-corrected chi connectivity index (χ2v) is 6.25. The molecule has 0 saturated heterocycles. The lowest BCUT2D eigenvalue weighted by atomic mass is 9.95. The van der Waals surface area contributed by atoms with E-state index in [4.69, 9.17) is 9.84 Å². The third kappa shape index (κ3) is 4.77. The summed E-state index contributed by atoms with van der Waals surface area (Å²) in [6.45, 7) is 7.75. The Kier molecular flexibility index (Phi) is 5.35. The number of aliphatic carboxylic acids is 1. The minimum atomic E-state index is -1.02. The van der Waals surface area contributed by atoms with Crippen molar-refractivity contribution in [2.75, 3.05) is 20.2 Å². The number of carboxylic acids is 1. The first kappa shape index (κ1) is 17.0. The van der Waals surface area contributed by atoms with Crippen molar-refractivity contribution in [1.82, 2.24) is 4.90 Å². The molecule has 0 spiro atoms. The van der Waals surface area contributed by atoms with Crippen LogP contribution in [0.15, 0.2) is 18.2 Å². The van der Waals surface area contributed by atoms with Crippen molar-refractivity contribution >= 4 is 11.9 Å². The highest BCUT2D eigenvalue weighted by Crippen LogP contribution is 2.24. The molecule has 0 aromatic heterocycles. The van der Waals surface area contributed by atoms with Gasteiger partial charge in [-0.1, -0.05) is 26.8 Å². The average molecular weight is 293 g/mol. The van der Waals surface area contributed by atoms with Gasteiger partial charge in [-0.05, 0) is 24.5 Å². The fraction of sp³-hybridized carbons (Fsp3) is 0.500. The lowest BCUT2D eigenvalue weighted by Gasteiger charge is -2.29. The molecule has 0 unspecified atom stereocenters. The van der Waals surface area contributed by atoms with E-state index in [-0.39, 0.29) is 17.9 Å². The SMILES string of the molecule is COc1cccc(C(=O)N(CC(=O)O)CC(C)(C)C)c1C. The van der Waals surface area contributed by atoms with Gasteiger partial charge < -0.3 is 14.7 Å². The number of methoxy groups -OCH3 is 1. The third-order valence-electron chi connectivity index (χ3n) is 3.01. The van der Waals surface area contributed by atoms with E-state index in [9.17, 15) is 9.59 Å². The second kappa shape index (κ2) is 6.61. The van der Waals surface area contributed by atoms with Crippen LogP contribution in [0.5, 0.6) is 5.75 Å². The van der Waals surface area contributed by atoms with E-state index < -0.39 is 5.97 Å². The van der Waals surface area contributed by atoms with Crippen LogP contribution >= 0.6 is 0 Å². The van der Waals surface area contributed by atoms with Crippen LogP contribution in [0.1, 0.15) is 36.7 Å². The minimum absolute atomic E-state index is 0.183. The van der Waals surface area contributed by atoms with E-state index in [1.54, 1.807) is 32.2 Å². The van der Waals surface area contributed by atoms with Gasteiger partial charge in [-0.3, -0.25) is 9.59 Å². The second-order valence-electron chi connectivity index (χ2n) is 6.25. The van der Waals surface area contributed by atoms with Gasteiger partial charge in [-0.2, -0.15) is 0 Å². The molecular formula is C16H23NO4. The molecular weight excluding hydrogens is 270 g/mol. The Morgan fingerprint density at radius 2 is 1.90 bits per heavy atom. The molecule has 21 heavy (non-hydrogen) atoms. The van der Waals surface area contributed by atoms with Gasteiger partial charge in [0.2, 0.25) is 0 Å². The van der Waals surface area contributed by atoms with Crippen LogP contribution in [0.3, 0.4) is 0 Å². The van der Waals surface area contributed by atoms with Crippen molar-refractivity contribution in [3.63, 3.8) is 0 Å². The van der Waals surface area contributed by atoms with Gasteiger partial charge >= 0.3 is 5.97 Å². The fourth-order valence-corrected chi connectivity index (χ4v) is 2.17. The molecule has 0 fully saturated rings. The largest absolute Gasteiger partial charge is 0.496 e. The van der Waals surface area contributed by atoms with Gasteiger partial charge in [0.05, 0.1) is 7.11 Å². The average Bonchev–Trinajstić information content (AvgIpc) is 2.35. The van der Waals surface area contributed by atoms with Gasteiger partial charge in [-0.15, -0.1) is 0 Å². The maximum Gasteiger partial charge on any atom is 0.323 e. The number of amides is 1. The van der Waals surface area contributed by atoms with E-state index in [1.807, 2.05) is 20.8 Å². The van der Waals surface area contributed by atoms with Gasteiger partial charge in [-0.25, -0.2) is 0 Å². The summed E-state index contributed by atoms with van der Waals surface area (Å²) in [5, 5.41) is 9.03. The van der Waals surface area contributed by atoms with E-state index in [0.29, 0.717) is 23.4 Å². The van der Waals surface area contributed by atoms with Crippen LogP contribution in [0.2, 0.25) is 0 Å². The Morgan fingerprint density at radius 1 is 1.29 bits per heavy atom. The summed E-state index contributed by atoms with van der Waals surface area (Å²) in [7, 11) is 1.54. The molecule has 0 aliphatic carbocycles. The van der Waals surface area contributed by atoms with Crippen molar-refractivity contribution in [2.45, 2.75) is 27.7 Å². The van der Waals surface area contributed by atoms with Gasteiger partial charge in [0.25, 0.3) is 5.91 Å². The number of carboxylic acid groups (broad SMARTS) is 1. The monoisotopic (exact) mass is 293 g/mol. The molecule has 0 aliphatic rings. The lowest BCUT2D eigenvalue weighted by Crippen LogP contribution is -2.41. The summed E-state index contributed by atoms with van der Waals surface area (Å²) in [6, 6.07) is 5.20. The van der Waals surface area contributed by atoms with Crippen LogP contribution in [-0.2, 0) is 4.79 Å². The molecule has 5 heteroatoms. The zero-order valence-corrected chi connectivity index (χ0v) is 13.3. The Hall–Kier alpha value is -2.04. The highest BCUT2D eigenvalue weighted by molar-refractivity contribution is 5.97. The zero-order chi connectivity index (χ0) is 16.2. The summed E-state index contributed by atoms with van der Waals surface area (Å²) in [4.78, 5) is 25.0. The van der Waals surface area contributed by atoms with Crippen molar-refractivity contribution in [1.29, 1.82) is 0 Å². The first-order valence-corrected chi connectivity index (χ1v) is 6.80. The van der Waals surface area contributed by atoms with Crippen molar-refractivity contribution in [3.8, 4) is 5.75 Å². The van der Waals surface area contributed by atoms with E-state index >= 15 is 0 Å². The molecule has 1 N–H and O–H groups in total. The van der Waals surface area contributed by atoms with Crippen LogP contribution in [0.25, 0.3) is 0 Å². The molecule has 0 heterocycles. The maximum atomic E-state index is 12.7. The molecule has 0 aliphatic heterocycles. The van der Waals surface area contributed by atoms with E-state index in [1.165, 1.54) is 4.90 Å². The predicted octanol–water partition coefficient (Wildman–Crippen LogP) is 2.58. The smallest absolute Gasteiger partial charge is 0.323 e. The molecule has 0 atom stereocenters. The number of hydrogen-bond donors (Lipinski definition) is 1. The molecule has 5 nitrogen and oxygen atoms in total. The van der Waals surface area contributed by atoms with Gasteiger partial charge in [0.15, 0.2) is 0 Å². The first-order valence-electron chi connectivity index (χ1n) is 6.80. The molecule has 1 aromatic carbocycles. The Labute approximate surface area is 125 Å². The van der Waals surface area contributed by atoms with Crippen LogP contribution in [0.4, 0.5) is 0 Å². The van der Waals surface area contributed by atoms with E-state index in [0.717, 1.165) is 0 Å². The molecule has 116 valence electrons. The van der Waals surface area contributed by atoms with Crippen molar-refractivity contribution in [3.05, 3.63) is 29.3 Å². The highest BCUT2D eigenvalue weighted by Gasteiger charge is 2.25. The fourth-order valence-electron chi connectivity index (χ4n) is 2.17. The molecule has 1 rings (SSSR count). The van der Waals surface area contributed by atoms with Crippen molar-refractivity contribution in [2.24, 2.45) is 5.41 Å². The molecule has 0 bridgehead atoms. The minimum Gasteiger partial charge on any atom is -0.496 e. The summed E-state index contributed by atoms with van der Waals surface area (Å²) in [5.74, 6) is -0.691. The topological polar surface area (TPSA) is 66.8 Å². The Balaban J connectivity index is 3.13. The number of benzene rings is 1. The molecule has 0 radical (unpaired) electrons. The van der Waals surface area contributed by atoms with Crippen LogP contribution < -0.4 is 4.74 Å². The lowest BCUT2D eigenvalue weighted by molar-refractivity contribution is -0.138. The third-order valence-corrected chi connectivity index (χ3v) is 3.01. The highest BCUT2D eigenvalue weighted by atomic mass is 16.5. The quantitative estimate of drug-likeness (QED) is 0.906. The number of hydrogen-bond acceptors (Lipinski definition) is 3. The molecule has 0 saturated carbocycles. The standard InChI is InChI=1S/C16H23NO4/c1-11-12(7-6-8-13(11)21-5)15(20)17(9-14(18)19)10-16(2,3)4/h6-8H,9-10H2,1-5H3,(H,18,19). The summed E-state index contributed by atoms with van der Waals surface area (Å²) < 4.78 is 5.21. The van der Waals surface area contributed by atoms with Gasteiger partial charge in [0, 0.05) is 17.7 Å². The van der Waals surface area contributed by atoms with Crippen molar-refractivity contribution < 1.29 is 19.4 Å². The van der Waals surface area contributed by atoms with E-state index in [2.05, 4.69) is 0 Å². The number of rotatable bonds is 5. The maximum absolute atomic E-state index is 12.7. The van der Waals surface area contributed by atoms with Crippen LogP contribution in [-0.4, -0.2) is 42.1 Å². The number of ether oxygens (including phenoxy) is 1. The normalized spacial score (nSPS) is 11.1. The summed E-state index contributed by atoms with van der Waals surface area (Å²) in [6.07, 6.45) is 0. The summed E-state index contributed by atoms with van der Waals surface area (Å²) >= 11 is 0. The molecule has 1 aromatic rings. The first-order chi connectivity index (χ1) is 9.65. The number of carbonyl (C=O) groups is 2. The zero-order valence-electron chi connectivity index (χ0n) is 13.3. The summed E-state index contributed by atoms with van der Waals surface area (Å²) in [5.41, 5.74) is 1.01. The molecule has 1 amide bonds. The Bertz CT molecular complexity index is 532. The number of nitrogens with zero attached hydrogens (tertiary/aromatic N) is 1. The van der Waals surface area contributed by atoms with Gasteiger partial charge in [0.1, 0.15) is 12.3 Å². The van der Waals surface area contributed by atoms with Crippen LogP contribution in [0, 0.1) is 12.3 Å². The number of carbonyl (C=O) groups excluding carboxylic acids is 1. The predicted molar refractivity (Wildman–Crippen MR) is 80.7 cm³/mol.